The minimum Gasteiger partial charge on any atom is -0.312 e. The lowest BCUT2D eigenvalue weighted by Crippen LogP contribution is -2.16. The van der Waals surface area contributed by atoms with Gasteiger partial charge in [-0.1, -0.05) is 24.3 Å². The molecule has 0 unspecified atom stereocenters. The molecule has 0 fully saturated rings. The molecule has 5 heteroatoms. The molecule has 2 nitrogen and oxygen atoms in total. The van der Waals surface area contributed by atoms with E-state index in [9.17, 15) is 0 Å². The highest BCUT2D eigenvalue weighted by atomic mass is 79.9. The Hall–Kier alpha value is -0.750. The molecule has 0 aliphatic rings. The van der Waals surface area contributed by atoms with Gasteiger partial charge >= 0.3 is 0 Å². The van der Waals surface area contributed by atoms with E-state index in [0.717, 1.165) is 33.3 Å². The quantitative estimate of drug-likeness (QED) is 0.571. The number of benzene rings is 1. The number of rotatable bonds is 5. The van der Waals surface area contributed by atoms with Crippen LogP contribution in [0, 0.1) is 0 Å². The maximum Gasteiger partial charge on any atom is 0.0843 e. The van der Waals surface area contributed by atoms with E-state index in [0.29, 0.717) is 0 Å². The molecular formula is C16H14Br2N2S. The molecule has 0 aliphatic carbocycles. The molecule has 0 saturated carbocycles. The van der Waals surface area contributed by atoms with Crippen molar-refractivity contribution in [1.82, 2.24) is 10.3 Å². The lowest BCUT2D eigenvalue weighted by Gasteiger charge is -2.06. The third-order valence-corrected chi connectivity index (χ3v) is 6.54. The lowest BCUT2D eigenvalue weighted by atomic mass is 10.1. The van der Waals surface area contributed by atoms with Gasteiger partial charge in [-0.15, -0.1) is 11.3 Å². The van der Waals surface area contributed by atoms with E-state index in [2.05, 4.69) is 72.5 Å². The minimum absolute atomic E-state index is 0.896. The van der Waals surface area contributed by atoms with Crippen LogP contribution in [0.3, 0.4) is 0 Å². The molecule has 108 valence electrons. The molecule has 0 spiro atoms. The SMILES string of the molecule is Brc1cc(CNCCc2cccc3cccnc23)sc1Br. The van der Waals surface area contributed by atoms with Gasteiger partial charge in [0.2, 0.25) is 0 Å². The van der Waals surface area contributed by atoms with Crippen LogP contribution in [0.4, 0.5) is 0 Å². The summed E-state index contributed by atoms with van der Waals surface area (Å²) in [5.41, 5.74) is 2.41. The molecule has 3 aromatic rings. The monoisotopic (exact) mass is 424 g/mol. The fourth-order valence-electron chi connectivity index (χ4n) is 2.28. The van der Waals surface area contributed by atoms with Gasteiger partial charge in [0.15, 0.2) is 0 Å². The van der Waals surface area contributed by atoms with Crippen LogP contribution in [0.5, 0.6) is 0 Å². The molecule has 0 saturated heterocycles. The van der Waals surface area contributed by atoms with E-state index in [-0.39, 0.29) is 0 Å². The Kier molecular flexibility index (Phi) is 5.06. The van der Waals surface area contributed by atoms with Gasteiger partial charge in [0.1, 0.15) is 0 Å². The highest BCUT2D eigenvalue weighted by Crippen LogP contribution is 2.32. The van der Waals surface area contributed by atoms with Crippen molar-refractivity contribution in [2.45, 2.75) is 13.0 Å². The molecule has 0 amide bonds. The molecule has 0 bridgehead atoms. The average molecular weight is 426 g/mol. The van der Waals surface area contributed by atoms with Gasteiger partial charge in [-0.2, -0.15) is 0 Å². The Labute approximate surface area is 144 Å². The topological polar surface area (TPSA) is 24.9 Å². The van der Waals surface area contributed by atoms with Crippen LogP contribution >= 0.6 is 43.2 Å². The number of hydrogen-bond acceptors (Lipinski definition) is 3. The predicted molar refractivity (Wildman–Crippen MR) is 96.9 cm³/mol. The molecule has 0 aliphatic heterocycles. The molecule has 1 aromatic carbocycles. The zero-order valence-electron chi connectivity index (χ0n) is 11.3. The number of aromatic nitrogens is 1. The average Bonchev–Trinajstić information content (AvgIpc) is 2.82. The standard InChI is InChI=1S/C16H14Br2N2S/c17-14-9-13(21-16(14)18)10-19-8-6-12-4-1-3-11-5-2-7-20-15(11)12/h1-5,7,9,19H,6,8,10H2. The van der Waals surface area contributed by atoms with Crippen molar-refractivity contribution in [1.29, 1.82) is 0 Å². The van der Waals surface area contributed by atoms with Gasteiger partial charge < -0.3 is 5.32 Å². The van der Waals surface area contributed by atoms with Crippen LogP contribution in [-0.2, 0) is 13.0 Å². The van der Waals surface area contributed by atoms with E-state index in [1.54, 1.807) is 11.3 Å². The number of pyridine rings is 1. The molecule has 2 aromatic heterocycles. The van der Waals surface area contributed by atoms with Crippen LogP contribution in [0.15, 0.2) is 50.9 Å². The van der Waals surface area contributed by atoms with Crippen LogP contribution < -0.4 is 5.32 Å². The van der Waals surface area contributed by atoms with Gasteiger partial charge in [-0.3, -0.25) is 4.98 Å². The Morgan fingerprint density at radius 2 is 2.00 bits per heavy atom. The fraction of sp³-hybridized carbons (Fsp3) is 0.188. The zero-order chi connectivity index (χ0) is 14.7. The summed E-state index contributed by atoms with van der Waals surface area (Å²) in [5.74, 6) is 0. The maximum absolute atomic E-state index is 4.49. The Balaban J connectivity index is 1.59. The van der Waals surface area contributed by atoms with Crippen molar-refractivity contribution >= 4 is 54.1 Å². The first-order valence-corrected chi connectivity index (χ1v) is 9.11. The van der Waals surface area contributed by atoms with Gasteiger partial charge in [0, 0.05) is 27.5 Å². The lowest BCUT2D eigenvalue weighted by molar-refractivity contribution is 0.695. The first-order chi connectivity index (χ1) is 10.2. The first kappa shape index (κ1) is 15.2. The third-order valence-electron chi connectivity index (χ3n) is 3.28. The number of nitrogens with one attached hydrogen (secondary N) is 1. The summed E-state index contributed by atoms with van der Waals surface area (Å²) in [7, 11) is 0. The van der Waals surface area contributed by atoms with E-state index < -0.39 is 0 Å². The largest absolute Gasteiger partial charge is 0.312 e. The molecule has 2 heterocycles. The Morgan fingerprint density at radius 3 is 2.81 bits per heavy atom. The highest BCUT2D eigenvalue weighted by molar-refractivity contribution is 9.13. The Bertz CT molecular complexity index is 730. The van der Waals surface area contributed by atoms with E-state index in [1.165, 1.54) is 15.8 Å². The summed E-state index contributed by atoms with van der Waals surface area (Å²) < 4.78 is 2.28. The number of halogens is 2. The predicted octanol–water partition coefficient (Wildman–Crippen LogP) is 5.15. The van der Waals surface area contributed by atoms with E-state index in [1.807, 2.05) is 12.3 Å². The zero-order valence-corrected chi connectivity index (χ0v) is 15.3. The second-order valence-electron chi connectivity index (χ2n) is 4.75. The second kappa shape index (κ2) is 7.01. The summed E-state index contributed by atoms with van der Waals surface area (Å²) in [6.07, 6.45) is 2.85. The number of thiophene rings is 1. The van der Waals surface area contributed by atoms with E-state index >= 15 is 0 Å². The van der Waals surface area contributed by atoms with Crippen molar-refractivity contribution in [2.24, 2.45) is 0 Å². The first-order valence-electron chi connectivity index (χ1n) is 6.71. The summed E-state index contributed by atoms with van der Waals surface area (Å²) in [6.45, 7) is 1.84. The number of para-hydroxylation sites is 1. The van der Waals surface area contributed by atoms with Crippen molar-refractivity contribution in [3.8, 4) is 0 Å². The summed E-state index contributed by atoms with van der Waals surface area (Å²) in [6, 6.07) is 12.6. The Morgan fingerprint density at radius 1 is 1.14 bits per heavy atom. The number of fused-ring (bicyclic) bond motifs is 1. The van der Waals surface area contributed by atoms with Crippen LogP contribution in [-0.4, -0.2) is 11.5 Å². The van der Waals surface area contributed by atoms with Crippen molar-refractivity contribution in [3.63, 3.8) is 0 Å². The van der Waals surface area contributed by atoms with Crippen LogP contribution in [0.2, 0.25) is 0 Å². The van der Waals surface area contributed by atoms with E-state index in [4.69, 9.17) is 0 Å². The number of hydrogen-bond donors (Lipinski definition) is 1. The van der Waals surface area contributed by atoms with Gasteiger partial charge in [-0.25, -0.2) is 0 Å². The summed E-state index contributed by atoms with van der Waals surface area (Å²) in [4.78, 5) is 5.82. The molecule has 1 N–H and O–H groups in total. The highest BCUT2D eigenvalue weighted by Gasteiger charge is 2.04. The summed E-state index contributed by atoms with van der Waals surface area (Å²) >= 11 is 8.80. The smallest absolute Gasteiger partial charge is 0.0843 e. The van der Waals surface area contributed by atoms with Gasteiger partial charge in [0.25, 0.3) is 0 Å². The molecule has 3 rings (SSSR count). The van der Waals surface area contributed by atoms with Gasteiger partial charge in [-0.05, 0) is 62.5 Å². The van der Waals surface area contributed by atoms with Crippen molar-refractivity contribution in [3.05, 3.63) is 61.3 Å². The third kappa shape index (κ3) is 3.72. The van der Waals surface area contributed by atoms with Crippen molar-refractivity contribution in [2.75, 3.05) is 6.54 Å². The fourth-order valence-corrected chi connectivity index (χ4v) is 4.43. The van der Waals surface area contributed by atoms with Crippen LogP contribution in [0.1, 0.15) is 10.4 Å². The number of nitrogens with zero attached hydrogens (tertiary/aromatic N) is 1. The second-order valence-corrected chi connectivity index (χ2v) is 8.06. The summed E-state index contributed by atoms with van der Waals surface area (Å²) in [5, 5.41) is 4.71. The minimum atomic E-state index is 0.896. The van der Waals surface area contributed by atoms with Crippen molar-refractivity contribution < 1.29 is 0 Å². The van der Waals surface area contributed by atoms with Crippen LogP contribution in [0.25, 0.3) is 10.9 Å². The normalized spacial score (nSPS) is 11.1. The van der Waals surface area contributed by atoms with Gasteiger partial charge in [0.05, 0.1) is 9.30 Å². The molecule has 0 radical (unpaired) electrons. The maximum atomic E-state index is 4.49. The molecular weight excluding hydrogens is 412 g/mol. The molecule has 21 heavy (non-hydrogen) atoms. The molecule has 0 atom stereocenters.